The van der Waals surface area contributed by atoms with E-state index in [1.807, 2.05) is 55.5 Å². The lowest BCUT2D eigenvalue weighted by Crippen LogP contribution is -2.26. The molecule has 0 saturated heterocycles. The van der Waals surface area contributed by atoms with Gasteiger partial charge in [-0.2, -0.15) is 0 Å². The van der Waals surface area contributed by atoms with E-state index in [1.54, 1.807) is 0 Å². The molecule has 4 heteroatoms. The van der Waals surface area contributed by atoms with Crippen LogP contribution in [0.25, 0.3) is 0 Å². The van der Waals surface area contributed by atoms with Crippen LogP contribution in [-0.2, 0) is 4.79 Å². The number of hydrogen-bond acceptors (Lipinski definition) is 1. The fourth-order valence-corrected chi connectivity index (χ4v) is 2.93. The number of amides is 1. The van der Waals surface area contributed by atoms with Crippen molar-refractivity contribution in [2.75, 3.05) is 5.32 Å². The van der Waals surface area contributed by atoms with Gasteiger partial charge in [-0.3, -0.25) is 4.79 Å². The first-order chi connectivity index (χ1) is 9.99. The number of hydrogen-bond donors (Lipinski definition) is 1. The van der Waals surface area contributed by atoms with Crippen LogP contribution >= 0.6 is 31.9 Å². The van der Waals surface area contributed by atoms with Gasteiger partial charge in [0.2, 0.25) is 5.91 Å². The highest BCUT2D eigenvalue weighted by atomic mass is 79.9. The minimum absolute atomic E-state index is 0.0658. The van der Waals surface area contributed by atoms with E-state index in [4.69, 9.17) is 0 Å². The van der Waals surface area contributed by atoms with Crippen LogP contribution in [-0.4, -0.2) is 10.7 Å². The average molecular weight is 411 g/mol. The van der Waals surface area contributed by atoms with Gasteiger partial charge in [0.25, 0.3) is 0 Å². The van der Waals surface area contributed by atoms with E-state index in [0.717, 1.165) is 16.8 Å². The Balaban J connectivity index is 2.07. The van der Waals surface area contributed by atoms with E-state index in [-0.39, 0.29) is 15.6 Å². The Morgan fingerprint density at radius 3 is 2.29 bits per heavy atom. The zero-order valence-corrected chi connectivity index (χ0v) is 15.1. The average Bonchev–Trinajstić information content (AvgIpc) is 2.50. The largest absolute Gasteiger partial charge is 0.325 e. The topological polar surface area (TPSA) is 29.1 Å². The van der Waals surface area contributed by atoms with Gasteiger partial charge in [0.1, 0.15) is 4.83 Å². The Morgan fingerprint density at radius 1 is 1.00 bits per heavy atom. The number of nitrogens with one attached hydrogen (secondary N) is 1. The fraction of sp³-hybridized carbons (Fsp3) is 0.235. The second-order valence-electron chi connectivity index (χ2n) is 5.00. The molecule has 2 atom stereocenters. The molecule has 21 heavy (non-hydrogen) atoms. The third-order valence-corrected chi connectivity index (χ3v) is 6.11. The summed E-state index contributed by atoms with van der Waals surface area (Å²) in [6.07, 6.45) is 0. The molecule has 0 aliphatic heterocycles. The normalized spacial score (nSPS) is 13.5. The molecule has 0 radical (unpaired) electrons. The fourth-order valence-electron chi connectivity index (χ4n) is 1.97. The number of anilines is 1. The van der Waals surface area contributed by atoms with E-state index >= 15 is 0 Å². The van der Waals surface area contributed by atoms with E-state index < -0.39 is 0 Å². The Morgan fingerprint density at radius 2 is 1.67 bits per heavy atom. The second-order valence-corrected chi connectivity index (χ2v) is 6.98. The maximum atomic E-state index is 12.3. The second kappa shape index (κ2) is 7.23. The zero-order valence-electron chi connectivity index (χ0n) is 11.9. The minimum Gasteiger partial charge on any atom is -0.325 e. The van der Waals surface area contributed by atoms with Crippen molar-refractivity contribution in [3.8, 4) is 0 Å². The molecule has 0 fully saturated rings. The molecule has 0 aromatic heterocycles. The summed E-state index contributed by atoms with van der Waals surface area (Å²) < 4.78 is 0. The van der Waals surface area contributed by atoms with Crippen molar-refractivity contribution in [3.05, 3.63) is 65.2 Å². The van der Waals surface area contributed by atoms with Crippen LogP contribution in [0.15, 0.2) is 48.5 Å². The zero-order chi connectivity index (χ0) is 15.4. The third kappa shape index (κ3) is 4.17. The number of benzene rings is 2. The molecule has 1 N–H and O–H groups in total. The van der Waals surface area contributed by atoms with E-state index in [0.29, 0.717) is 0 Å². The summed E-state index contributed by atoms with van der Waals surface area (Å²) in [4.78, 5) is 11.9. The van der Waals surface area contributed by atoms with Crippen LogP contribution in [0.1, 0.15) is 21.5 Å². The molecule has 2 aromatic rings. The van der Waals surface area contributed by atoms with Gasteiger partial charge in [-0.05, 0) is 42.7 Å². The van der Waals surface area contributed by atoms with Gasteiger partial charge in [0, 0.05) is 5.69 Å². The maximum absolute atomic E-state index is 12.3. The SMILES string of the molecule is Cc1ccc(NC(=O)C(Br)C(Br)c2ccccc2)cc1C. The molecule has 0 aliphatic carbocycles. The molecule has 0 bridgehead atoms. The predicted octanol–water partition coefficient (Wildman–Crippen LogP) is 5.14. The molecule has 2 nitrogen and oxygen atoms in total. The van der Waals surface area contributed by atoms with Gasteiger partial charge in [-0.1, -0.05) is 68.3 Å². The van der Waals surface area contributed by atoms with Gasteiger partial charge in [-0.15, -0.1) is 0 Å². The number of aryl methyl sites for hydroxylation is 2. The number of rotatable bonds is 4. The number of halogens is 2. The Labute approximate surface area is 142 Å². The van der Waals surface area contributed by atoms with Crippen LogP contribution < -0.4 is 5.32 Å². The van der Waals surface area contributed by atoms with Crippen molar-refractivity contribution in [3.63, 3.8) is 0 Å². The first-order valence-electron chi connectivity index (χ1n) is 6.70. The van der Waals surface area contributed by atoms with Gasteiger partial charge in [-0.25, -0.2) is 0 Å². The maximum Gasteiger partial charge on any atom is 0.239 e. The first-order valence-corrected chi connectivity index (χ1v) is 8.53. The van der Waals surface area contributed by atoms with Gasteiger partial charge < -0.3 is 5.32 Å². The molecule has 0 heterocycles. The Hall–Kier alpha value is -1.13. The van der Waals surface area contributed by atoms with Crippen LogP contribution in [0.3, 0.4) is 0 Å². The summed E-state index contributed by atoms with van der Waals surface area (Å²) in [7, 11) is 0. The summed E-state index contributed by atoms with van der Waals surface area (Å²) in [5.41, 5.74) is 4.26. The van der Waals surface area contributed by atoms with Crippen LogP contribution in [0.4, 0.5) is 5.69 Å². The number of carbonyl (C=O) groups is 1. The van der Waals surface area contributed by atoms with Crippen molar-refractivity contribution < 1.29 is 4.79 Å². The Bertz CT molecular complexity index is 628. The third-order valence-electron chi connectivity index (χ3n) is 3.40. The summed E-state index contributed by atoms with van der Waals surface area (Å²) in [6, 6.07) is 15.8. The van der Waals surface area contributed by atoms with Crippen molar-refractivity contribution in [1.29, 1.82) is 0 Å². The molecule has 2 unspecified atom stereocenters. The summed E-state index contributed by atoms with van der Waals surface area (Å²) in [5.74, 6) is -0.0658. The molecular formula is C17H17Br2NO. The molecule has 2 rings (SSSR count). The van der Waals surface area contributed by atoms with Gasteiger partial charge >= 0.3 is 0 Å². The van der Waals surface area contributed by atoms with Crippen LogP contribution in [0.5, 0.6) is 0 Å². The highest BCUT2D eigenvalue weighted by Crippen LogP contribution is 2.31. The standard InChI is InChI=1S/C17H17Br2NO/c1-11-8-9-14(10-12(11)2)20-17(21)16(19)15(18)13-6-4-3-5-7-13/h3-10,15-16H,1-2H3,(H,20,21). The number of carbonyl (C=O) groups excluding carboxylic acids is 1. The molecule has 0 saturated carbocycles. The molecular weight excluding hydrogens is 394 g/mol. The van der Waals surface area contributed by atoms with Crippen molar-refractivity contribution in [2.45, 2.75) is 23.5 Å². The van der Waals surface area contributed by atoms with E-state index in [9.17, 15) is 4.79 Å². The summed E-state index contributed by atoms with van der Waals surface area (Å²) in [6.45, 7) is 4.09. The lowest BCUT2D eigenvalue weighted by Gasteiger charge is -2.17. The van der Waals surface area contributed by atoms with Gasteiger partial charge in [0.05, 0.1) is 4.83 Å². The number of alkyl halides is 2. The highest BCUT2D eigenvalue weighted by Gasteiger charge is 2.25. The minimum atomic E-state index is -0.346. The lowest BCUT2D eigenvalue weighted by atomic mass is 10.1. The van der Waals surface area contributed by atoms with E-state index in [2.05, 4.69) is 44.1 Å². The molecule has 0 spiro atoms. The summed E-state index contributed by atoms with van der Waals surface area (Å²) >= 11 is 7.06. The predicted molar refractivity (Wildman–Crippen MR) is 95.4 cm³/mol. The van der Waals surface area contributed by atoms with Crippen LogP contribution in [0.2, 0.25) is 0 Å². The quantitative estimate of drug-likeness (QED) is 0.694. The lowest BCUT2D eigenvalue weighted by molar-refractivity contribution is -0.115. The molecule has 1 amide bonds. The van der Waals surface area contributed by atoms with E-state index in [1.165, 1.54) is 5.56 Å². The van der Waals surface area contributed by atoms with Crippen molar-refractivity contribution in [2.24, 2.45) is 0 Å². The molecule has 0 aliphatic rings. The molecule has 110 valence electrons. The summed E-state index contributed by atoms with van der Waals surface area (Å²) in [5, 5.41) is 2.94. The first kappa shape index (κ1) is 16.2. The Kier molecular flexibility index (Phi) is 5.59. The molecule has 2 aromatic carbocycles. The van der Waals surface area contributed by atoms with Crippen LogP contribution in [0, 0.1) is 13.8 Å². The smallest absolute Gasteiger partial charge is 0.239 e. The highest BCUT2D eigenvalue weighted by molar-refractivity contribution is 9.12. The van der Waals surface area contributed by atoms with Crippen molar-refractivity contribution in [1.82, 2.24) is 0 Å². The monoisotopic (exact) mass is 409 g/mol. The van der Waals surface area contributed by atoms with Gasteiger partial charge in [0.15, 0.2) is 0 Å². The van der Waals surface area contributed by atoms with Crippen molar-refractivity contribution >= 4 is 43.5 Å².